The second kappa shape index (κ2) is 25.9. The van der Waals surface area contributed by atoms with E-state index in [9.17, 15) is 19.8 Å². The molecule has 0 unspecified atom stereocenters. The molecule has 4 N–H and O–H groups in total. The third-order valence-corrected chi connectivity index (χ3v) is 7.47. The number of carbonyl (C=O) groups is 2. The van der Waals surface area contributed by atoms with Crippen molar-refractivity contribution in [3.8, 4) is 56.9 Å². The van der Waals surface area contributed by atoms with Gasteiger partial charge >= 0.3 is 35.6 Å². The minimum absolute atomic E-state index is 0. The van der Waals surface area contributed by atoms with Crippen molar-refractivity contribution >= 4 is 23.7 Å². The van der Waals surface area contributed by atoms with E-state index < -0.39 is 10.2 Å². The Labute approximate surface area is 370 Å². The number of carbonyl (C=O) groups excluding carboxylic acids is 2. The van der Waals surface area contributed by atoms with Gasteiger partial charge in [0.15, 0.2) is 34.6 Å². The molecule has 6 aromatic rings. The standard InChI is InChI=1S/C21H15N3.C21H20O6.La.2HNO3/c1-2-8-16(9-3-1)17-14-20(18-10-4-6-12-22-18)24-21(15-17)19-11-5-7-13-23-19;1-26-20-11-14(5-9-18(20)24)3-7-16(22)13-17(23)8-4-15-6-10-19(25)21(12-15)27-2;;2*2-1(3)4/h1-15H;3-12,24-25H,13H2,1-2H3;;2*(H,2,3,4)/q;;+3;;/b;7-3+,8-4+;;;. The zero-order valence-corrected chi connectivity index (χ0v) is 35.6. The molecule has 0 bridgehead atoms. The molecule has 0 spiro atoms. The molecule has 0 aliphatic carbocycles. The third-order valence-electron chi connectivity index (χ3n) is 7.47. The summed E-state index contributed by atoms with van der Waals surface area (Å²) in [5.41, 5.74) is 6.98. The predicted octanol–water partition coefficient (Wildman–Crippen LogP) is 7.55. The number of phenols is 2. The fourth-order valence-corrected chi connectivity index (χ4v) is 4.88. The van der Waals surface area contributed by atoms with Crippen molar-refractivity contribution in [2.75, 3.05) is 14.2 Å². The van der Waals surface area contributed by atoms with Gasteiger partial charge in [-0.15, -0.1) is 20.2 Å². The van der Waals surface area contributed by atoms with Crippen molar-refractivity contribution < 1.29 is 85.5 Å². The van der Waals surface area contributed by atoms with Gasteiger partial charge in [0.2, 0.25) is 0 Å². The van der Waals surface area contributed by atoms with Gasteiger partial charge in [0.25, 0.3) is 10.2 Å². The Morgan fingerprint density at radius 2 is 1.00 bits per heavy atom. The number of aromatic nitrogens is 3. The van der Waals surface area contributed by atoms with E-state index >= 15 is 0 Å². The first-order chi connectivity index (χ1) is 28.3. The Bertz CT molecular complexity index is 2150. The first-order valence-electron chi connectivity index (χ1n) is 17.0. The molecule has 0 fully saturated rings. The number of nitrogens with zero attached hydrogens (tertiary/aromatic N) is 5. The average molecular weight is 943 g/mol. The number of aromatic hydroxyl groups is 2. The molecule has 0 radical (unpaired) electrons. The molecule has 302 valence electrons. The summed E-state index contributed by atoms with van der Waals surface area (Å²) in [6, 6.07) is 35.5. The van der Waals surface area contributed by atoms with Crippen molar-refractivity contribution in [1.82, 2.24) is 15.0 Å². The van der Waals surface area contributed by atoms with E-state index in [4.69, 9.17) is 45.1 Å². The first kappa shape index (κ1) is 48.9. The van der Waals surface area contributed by atoms with Crippen molar-refractivity contribution in [1.29, 1.82) is 0 Å². The molecule has 18 heteroatoms. The molecule has 0 atom stereocenters. The third kappa shape index (κ3) is 17.5. The van der Waals surface area contributed by atoms with Crippen LogP contribution in [-0.2, 0) is 9.59 Å². The summed E-state index contributed by atoms with van der Waals surface area (Å²) in [6.07, 6.45) is 9.01. The van der Waals surface area contributed by atoms with Crippen LogP contribution in [0.4, 0.5) is 0 Å². The fraction of sp³-hybridized carbons (Fsp3) is 0.0714. The maximum absolute atomic E-state index is 11.9. The van der Waals surface area contributed by atoms with Gasteiger partial charge in [-0.1, -0.05) is 66.7 Å². The van der Waals surface area contributed by atoms with Crippen molar-refractivity contribution in [2.45, 2.75) is 6.42 Å². The zero-order valence-electron chi connectivity index (χ0n) is 32.0. The number of benzene rings is 3. The van der Waals surface area contributed by atoms with Gasteiger partial charge in [0, 0.05) is 12.4 Å². The number of hydrogen-bond acceptors (Lipinski definition) is 13. The van der Waals surface area contributed by atoms with E-state index in [2.05, 4.69) is 34.2 Å². The molecule has 0 aliphatic rings. The van der Waals surface area contributed by atoms with E-state index in [0.29, 0.717) is 22.6 Å². The van der Waals surface area contributed by atoms with E-state index in [1.54, 1.807) is 48.8 Å². The summed E-state index contributed by atoms with van der Waals surface area (Å²) in [4.78, 5) is 54.2. The average Bonchev–Trinajstić information content (AvgIpc) is 3.23. The molecule has 3 aromatic heterocycles. The topological polar surface area (TPSA) is 258 Å². The molecule has 0 saturated heterocycles. The summed E-state index contributed by atoms with van der Waals surface area (Å²) in [5.74, 6) is -0.0832. The molecule has 3 aromatic carbocycles. The summed E-state index contributed by atoms with van der Waals surface area (Å²) in [7, 11) is 2.87. The molecule has 6 rings (SSSR count). The molecule has 17 nitrogen and oxygen atoms in total. The Hall–Kier alpha value is -7.28. The van der Waals surface area contributed by atoms with E-state index in [-0.39, 0.29) is 65.1 Å². The summed E-state index contributed by atoms with van der Waals surface area (Å²) in [6.45, 7) is 0. The maximum atomic E-state index is 11.9. The molecular weight excluding hydrogens is 905 g/mol. The number of ketones is 2. The van der Waals surface area contributed by atoms with Crippen LogP contribution in [-0.4, -0.2) is 71.5 Å². The van der Waals surface area contributed by atoms with Crippen LogP contribution in [0, 0.1) is 55.8 Å². The van der Waals surface area contributed by atoms with Crippen LogP contribution in [0.5, 0.6) is 23.0 Å². The first-order valence-corrected chi connectivity index (χ1v) is 17.0. The number of methoxy groups -OCH3 is 2. The predicted molar refractivity (Wildman–Crippen MR) is 216 cm³/mol. The van der Waals surface area contributed by atoms with Crippen LogP contribution in [0.15, 0.2) is 140 Å². The van der Waals surface area contributed by atoms with Gasteiger partial charge in [-0.2, -0.15) is 0 Å². The van der Waals surface area contributed by atoms with Crippen LogP contribution >= 0.6 is 0 Å². The normalized spacial score (nSPS) is 9.97. The monoisotopic (exact) mass is 942 g/mol. The van der Waals surface area contributed by atoms with Crippen molar-refractivity contribution in [3.63, 3.8) is 0 Å². The van der Waals surface area contributed by atoms with Crippen LogP contribution < -0.4 is 9.47 Å². The van der Waals surface area contributed by atoms with Gasteiger partial charge in [-0.25, -0.2) is 4.98 Å². The van der Waals surface area contributed by atoms with Crippen LogP contribution in [0.25, 0.3) is 46.1 Å². The summed E-state index contributed by atoms with van der Waals surface area (Å²) >= 11 is 0. The molecule has 3 heterocycles. The number of hydrogen-bond donors (Lipinski definition) is 4. The van der Waals surface area contributed by atoms with Crippen molar-refractivity contribution in [3.05, 3.63) is 171 Å². The number of allylic oxidation sites excluding steroid dienone is 2. The fourth-order valence-electron chi connectivity index (χ4n) is 4.88. The Balaban J connectivity index is 0.000000347. The molecule has 0 aliphatic heterocycles. The van der Waals surface area contributed by atoms with Gasteiger partial charge in [0.1, 0.15) is 0 Å². The van der Waals surface area contributed by atoms with Gasteiger partial charge in [-0.05, 0) is 95.1 Å². The minimum Gasteiger partial charge on any atom is -0.504 e. The van der Waals surface area contributed by atoms with E-state index in [0.717, 1.165) is 33.9 Å². The van der Waals surface area contributed by atoms with E-state index in [1.807, 2.05) is 54.6 Å². The SMILES string of the molecule is COc1cc(/C=C/C(=O)CC(=O)/C=C/c2ccc(O)c(OC)c2)ccc1O.O=[N+]([O-])O.O=[N+]([O-])O.[La+3].c1ccc(-c2cc(-c3ccccn3)nc(-c3ccccn3)c2)cc1. The van der Waals surface area contributed by atoms with Gasteiger partial charge in [0.05, 0.1) is 43.4 Å². The van der Waals surface area contributed by atoms with E-state index in [1.165, 1.54) is 38.5 Å². The Kier molecular flexibility index (Phi) is 21.1. The molecule has 60 heavy (non-hydrogen) atoms. The summed E-state index contributed by atoms with van der Waals surface area (Å²) in [5, 5.41) is 46.4. The second-order valence-corrected chi connectivity index (χ2v) is 11.5. The minimum atomic E-state index is -1.50. The molecule has 0 amide bonds. The number of phenolic OH excluding ortho intramolecular Hbond substituents is 2. The number of pyridine rings is 3. The zero-order chi connectivity index (χ0) is 43.2. The van der Waals surface area contributed by atoms with Gasteiger partial charge < -0.3 is 30.1 Å². The number of rotatable bonds is 11. The Morgan fingerprint density at radius 3 is 1.37 bits per heavy atom. The van der Waals surface area contributed by atoms with Crippen LogP contribution in [0.1, 0.15) is 17.5 Å². The molecule has 0 saturated carbocycles. The van der Waals surface area contributed by atoms with Crippen LogP contribution in [0.2, 0.25) is 0 Å². The van der Waals surface area contributed by atoms with Crippen molar-refractivity contribution in [2.24, 2.45) is 0 Å². The molecular formula is C42H37LaN5O12+3. The second-order valence-electron chi connectivity index (χ2n) is 11.5. The van der Waals surface area contributed by atoms with Crippen LogP contribution in [0.3, 0.4) is 0 Å². The Morgan fingerprint density at radius 1 is 0.600 bits per heavy atom. The van der Waals surface area contributed by atoms with Gasteiger partial charge in [-0.3, -0.25) is 19.6 Å². The number of ether oxygens (including phenoxy) is 2. The smallest absolute Gasteiger partial charge is 0.504 e. The largest absolute Gasteiger partial charge is 3.00 e. The summed E-state index contributed by atoms with van der Waals surface area (Å²) < 4.78 is 10.00. The quantitative estimate of drug-likeness (QED) is 0.0423. The maximum Gasteiger partial charge on any atom is 3.00 e.